The van der Waals surface area contributed by atoms with Crippen molar-refractivity contribution < 1.29 is 28.5 Å². The second-order valence-electron chi connectivity index (χ2n) is 7.40. The van der Waals surface area contributed by atoms with Crippen LogP contribution in [0.5, 0.6) is 0 Å². The van der Waals surface area contributed by atoms with Gasteiger partial charge in [0.15, 0.2) is 0 Å². The van der Waals surface area contributed by atoms with Gasteiger partial charge in [0, 0.05) is 22.9 Å². The molecule has 158 valence electrons. The van der Waals surface area contributed by atoms with Crippen molar-refractivity contribution in [2.45, 2.75) is 31.2 Å². The van der Waals surface area contributed by atoms with Crippen LogP contribution in [0.3, 0.4) is 0 Å². The van der Waals surface area contributed by atoms with E-state index in [1.165, 1.54) is 29.1 Å². The lowest BCUT2D eigenvalue weighted by molar-refractivity contribution is -0.246. The highest BCUT2D eigenvalue weighted by Gasteiger charge is 2.61. The normalized spacial score (nSPS) is 18.0. The average molecular weight is 418 g/mol. The molecule has 30 heavy (non-hydrogen) atoms. The predicted octanol–water partition coefficient (Wildman–Crippen LogP) is 3.42. The fraction of sp³-hybridized carbons (Fsp3) is 0.318. The molecule has 1 heterocycles. The van der Waals surface area contributed by atoms with E-state index in [2.05, 4.69) is 5.10 Å². The molecule has 0 spiro atoms. The Morgan fingerprint density at radius 2 is 1.77 bits per heavy atom. The van der Waals surface area contributed by atoms with Gasteiger partial charge in [0.05, 0.1) is 25.5 Å². The molecular weight excluding hydrogens is 397 g/mol. The molecule has 0 radical (unpaired) electrons. The van der Waals surface area contributed by atoms with Crippen LogP contribution in [0.15, 0.2) is 48.8 Å². The lowest BCUT2D eigenvalue weighted by Crippen LogP contribution is -2.41. The van der Waals surface area contributed by atoms with Gasteiger partial charge in [0.1, 0.15) is 0 Å². The van der Waals surface area contributed by atoms with E-state index in [0.717, 1.165) is 0 Å². The number of aliphatic hydroxyl groups excluding tert-OH is 2. The maximum absolute atomic E-state index is 14.2. The Labute approximate surface area is 171 Å². The summed E-state index contributed by atoms with van der Waals surface area (Å²) in [7, 11) is 0. The first kappa shape index (κ1) is 20.6. The first-order valence-electron chi connectivity index (χ1n) is 9.58. The van der Waals surface area contributed by atoms with Gasteiger partial charge in [-0.25, -0.2) is 0 Å². The van der Waals surface area contributed by atoms with Gasteiger partial charge in [0.25, 0.3) is 0 Å². The van der Waals surface area contributed by atoms with Crippen LogP contribution in [0.2, 0.25) is 0 Å². The summed E-state index contributed by atoms with van der Waals surface area (Å²) >= 11 is 0. The Morgan fingerprint density at radius 1 is 1.07 bits per heavy atom. The van der Waals surface area contributed by atoms with Crippen LogP contribution >= 0.6 is 0 Å². The van der Waals surface area contributed by atoms with Crippen molar-refractivity contribution in [2.75, 3.05) is 13.2 Å². The third-order valence-electron chi connectivity index (χ3n) is 5.70. The molecule has 0 saturated carbocycles. The van der Waals surface area contributed by atoms with Crippen molar-refractivity contribution in [1.82, 2.24) is 9.78 Å². The van der Waals surface area contributed by atoms with E-state index >= 15 is 0 Å². The largest absolute Gasteiger partial charge is 0.425 e. The number of nitrogens with zero attached hydrogens (tertiary/aromatic N) is 2. The molecule has 0 fully saturated rings. The highest BCUT2D eigenvalue weighted by molar-refractivity contribution is 5.92. The SMILES string of the molecule is CCc1cc(-c2cnn(C(CO)CO)c2)c2c(c1)[C@](O)(C(F)(F)F)c1ccccc1-2. The molecule has 0 saturated heterocycles. The number of benzene rings is 2. The number of alkyl halides is 3. The summed E-state index contributed by atoms with van der Waals surface area (Å²) in [6, 6.07) is 8.55. The molecule has 3 N–H and O–H groups in total. The lowest BCUT2D eigenvalue weighted by atomic mass is 9.87. The molecule has 1 aliphatic carbocycles. The molecule has 0 aliphatic heterocycles. The summed E-state index contributed by atoms with van der Waals surface area (Å²) in [5.41, 5.74) is -1.17. The summed E-state index contributed by atoms with van der Waals surface area (Å²) in [4.78, 5) is 0. The van der Waals surface area contributed by atoms with Gasteiger partial charge in [-0.1, -0.05) is 43.3 Å². The van der Waals surface area contributed by atoms with Crippen LogP contribution in [-0.2, 0) is 12.0 Å². The minimum absolute atomic E-state index is 0.195. The van der Waals surface area contributed by atoms with Crippen molar-refractivity contribution >= 4 is 0 Å². The summed E-state index contributed by atoms with van der Waals surface area (Å²) in [5.74, 6) is 0. The third-order valence-corrected chi connectivity index (χ3v) is 5.70. The van der Waals surface area contributed by atoms with Crippen LogP contribution in [0.1, 0.15) is 29.7 Å². The number of fused-ring (bicyclic) bond motifs is 3. The summed E-state index contributed by atoms with van der Waals surface area (Å²) in [5, 5.41) is 34.0. The van der Waals surface area contributed by atoms with Gasteiger partial charge in [-0.05, 0) is 28.7 Å². The zero-order valence-electron chi connectivity index (χ0n) is 16.2. The van der Waals surface area contributed by atoms with Crippen LogP contribution in [-0.4, -0.2) is 44.5 Å². The second kappa shape index (κ2) is 7.23. The fourth-order valence-corrected chi connectivity index (χ4v) is 4.08. The molecule has 8 heteroatoms. The topological polar surface area (TPSA) is 78.5 Å². The minimum atomic E-state index is -4.90. The second-order valence-corrected chi connectivity index (χ2v) is 7.40. The number of hydrogen-bond donors (Lipinski definition) is 3. The van der Waals surface area contributed by atoms with Gasteiger partial charge in [-0.15, -0.1) is 0 Å². The zero-order chi connectivity index (χ0) is 21.7. The van der Waals surface area contributed by atoms with Crippen molar-refractivity contribution in [3.05, 3.63) is 65.5 Å². The number of aryl methyl sites for hydroxylation is 1. The first-order valence-corrected chi connectivity index (χ1v) is 9.58. The fourth-order valence-electron chi connectivity index (χ4n) is 4.08. The van der Waals surface area contributed by atoms with Crippen molar-refractivity contribution in [1.29, 1.82) is 0 Å². The van der Waals surface area contributed by atoms with Crippen LogP contribution < -0.4 is 0 Å². The highest BCUT2D eigenvalue weighted by atomic mass is 19.4. The Bertz CT molecular complexity index is 1090. The van der Waals surface area contributed by atoms with Gasteiger partial charge < -0.3 is 15.3 Å². The van der Waals surface area contributed by atoms with Crippen LogP contribution in [0.25, 0.3) is 22.3 Å². The van der Waals surface area contributed by atoms with E-state index in [1.54, 1.807) is 24.4 Å². The van der Waals surface area contributed by atoms with Crippen molar-refractivity contribution in [2.24, 2.45) is 0 Å². The number of rotatable bonds is 5. The van der Waals surface area contributed by atoms with Crippen molar-refractivity contribution in [3.8, 4) is 22.3 Å². The minimum Gasteiger partial charge on any atom is -0.394 e. The lowest BCUT2D eigenvalue weighted by Gasteiger charge is -2.28. The Balaban J connectivity index is 2.02. The first-order chi connectivity index (χ1) is 14.3. The Morgan fingerprint density at radius 3 is 2.40 bits per heavy atom. The number of aliphatic hydroxyl groups is 3. The van der Waals surface area contributed by atoms with Gasteiger partial charge in [-0.3, -0.25) is 4.68 Å². The van der Waals surface area contributed by atoms with Crippen LogP contribution in [0, 0.1) is 0 Å². The molecule has 4 rings (SSSR count). The number of aromatic nitrogens is 2. The van der Waals surface area contributed by atoms with E-state index in [-0.39, 0.29) is 24.3 Å². The molecule has 1 aromatic heterocycles. The molecular formula is C22H21F3N2O3. The van der Waals surface area contributed by atoms with E-state index in [1.807, 2.05) is 6.92 Å². The van der Waals surface area contributed by atoms with E-state index in [4.69, 9.17) is 0 Å². The molecule has 1 atom stereocenters. The third kappa shape index (κ3) is 2.86. The number of halogens is 3. The molecule has 0 unspecified atom stereocenters. The molecule has 0 bridgehead atoms. The molecule has 3 aromatic rings. The standard InChI is InChI=1S/C22H21F3N2O3/c1-2-13-7-17(14-9-26-27(10-14)15(11-28)12-29)20-16-5-3-4-6-18(16)21(30,19(20)8-13)22(23,24)25/h3-10,15,28-30H,2,11-12H2,1H3/t21-/m0/s1. The smallest absolute Gasteiger partial charge is 0.394 e. The molecule has 5 nitrogen and oxygen atoms in total. The summed E-state index contributed by atoms with van der Waals surface area (Å²) in [6.45, 7) is 1.17. The monoisotopic (exact) mass is 418 g/mol. The molecule has 0 amide bonds. The molecule has 2 aromatic carbocycles. The van der Waals surface area contributed by atoms with E-state index in [9.17, 15) is 28.5 Å². The molecule has 1 aliphatic rings. The van der Waals surface area contributed by atoms with Crippen molar-refractivity contribution in [3.63, 3.8) is 0 Å². The highest BCUT2D eigenvalue weighted by Crippen LogP contribution is 2.57. The summed E-state index contributed by atoms with van der Waals surface area (Å²) < 4.78 is 43.8. The number of hydrogen-bond acceptors (Lipinski definition) is 4. The Hall–Kier alpha value is -2.68. The van der Waals surface area contributed by atoms with E-state index < -0.39 is 17.8 Å². The summed E-state index contributed by atoms with van der Waals surface area (Å²) in [6.07, 6.45) is -1.35. The Kier molecular flexibility index (Phi) is 4.96. The maximum atomic E-state index is 14.2. The van der Waals surface area contributed by atoms with Gasteiger partial charge >= 0.3 is 6.18 Å². The zero-order valence-corrected chi connectivity index (χ0v) is 16.2. The average Bonchev–Trinajstić information content (AvgIpc) is 3.31. The van der Waals surface area contributed by atoms with Crippen LogP contribution in [0.4, 0.5) is 13.2 Å². The van der Waals surface area contributed by atoms with E-state index in [0.29, 0.717) is 34.2 Å². The predicted molar refractivity (Wildman–Crippen MR) is 105 cm³/mol. The maximum Gasteiger partial charge on any atom is 0.425 e. The van der Waals surface area contributed by atoms with Gasteiger partial charge in [0.2, 0.25) is 5.60 Å². The van der Waals surface area contributed by atoms with Gasteiger partial charge in [-0.2, -0.15) is 18.3 Å². The quantitative estimate of drug-likeness (QED) is 0.593.